The van der Waals surface area contributed by atoms with Gasteiger partial charge in [0.05, 0.1) is 27.1 Å². The van der Waals surface area contributed by atoms with E-state index in [0.717, 1.165) is 11.1 Å². The minimum Gasteiger partial charge on any atom is -0.477 e. The number of amides is 1. The Labute approximate surface area is 221 Å². The quantitative estimate of drug-likeness (QED) is 0.557. The Morgan fingerprint density at radius 3 is 2.47 bits per heavy atom. The van der Waals surface area contributed by atoms with Gasteiger partial charge in [-0.05, 0) is 62.6 Å². The van der Waals surface area contributed by atoms with E-state index in [-0.39, 0.29) is 16.4 Å². The van der Waals surface area contributed by atoms with Crippen molar-refractivity contribution in [2.24, 2.45) is 10.8 Å². The highest BCUT2D eigenvalue weighted by Crippen LogP contribution is 2.61. The molecule has 3 N–H and O–H groups in total. The van der Waals surface area contributed by atoms with Crippen LogP contribution in [0.3, 0.4) is 0 Å². The van der Waals surface area contributed by atoms with Crippen molar-refractivity contribution in [2.75, 3.05) is 0 Å². The normalized spacial score (nSPS) is 28.9. The van der Waals surface area contributed by atoms with Gasteiger partial charge in [-0.3, -0.25) is 14.3 Å². The Hall–Kier alpha value is -3.69. The van der Waals surface area contributed by atoms with Crippen molar-refractivity contribution in [3.05, 3.63) is 94.2 Å². The maximum Gasteiger partial charge on any atom is 0.261 e. The first-order valence-electron chi connectivity index (χ1n) is 12.4. The number of benzene rings is 2. The van der Waals surface area contributed by atoms with Crippen molar-refractivity contribution in [1.29, 1.82) is 0 Å². The van der Waals surface area contributed by atoms with Crippen LogP contribution in [0.25, 0.3) is 0 Å². The number of hydrogen-bond donors (Lipinski definition) is 3. The molecule has 1 spiro atoms. The topological polar surface area (TPSA) is 122 Å². The molecular formula is C29H28N2O6S. The molecule has 0 radical (unpaired) electrons. The molecule has 0 saturated carbocycles. The van der Waals surface area contributed by atoms with Gasteiger partial charge in [0.25, 0.3) is 15.9 Å². The smallest absolute Gasteiger partial charge is 0.261 e. The number of carbonyl (C=O) groups excluding carboxylic acids is 2. The van der Waals surface area contributed by atoms with Crippen LogP contribution in [0, 0.1) is 10.8 Å². The van der Waals surface area contributed by atoms with E-state index in [4.69, 9.17) is 4.74 Å². The van der Waals surface area contributed by atoms with Gasteiger partial charge in [0.15, 0.2) is 17.6 Å². The maximum atomic E-state index is 13.8. The van der Waals surface area contributed by atoms with Crippen molar-refractivity contribution in [2.45, 2.75) is 50.8 Å². The summed E-state index contributed by atoms with van der Waals surface area (Å²) in [5.74, 6) is -0.405. The number of allylic oxidation sites excluding steroid dienone is 3. The van der Waals surface area contributed by atoms with Gasteiger partial charge in [0, 0.05) is 5.41 Å². The molecule has 0 saturated heterocycles. The predicted octanol–water partition coefficient (Wildman–Crippen LogP) is 3.46. The van der Waals surface area contributed by atoms with E-state index in [1.807, 2.05) is 32.1 Å². The average Bonchev–Trinajstić information content (AvgIpc) is 3.16. The summed E-state index contributed by atoms with van der Waals surface area (Å²) in [6, 6.07) is 11.4. The van der Waals surface area contributed by atoms with Gasteiger partial charge in [0.2, 0.25) is 0 Å². The minimum absolute atomic E-state index is 0.0354. The van der Waals surface area contributed by atoms with E-state index in [1.54, 1.807) is 44.2 Å². The number of nitrogens with one attached hydrogen (secondary N) is 2. The lowest BCUT2D eigenvalue weighted by Crippen LogP contribution is -2.63. The van der Waals surface area contributed by atoms with Gasteiger partial charge >= 0.3 is 0 Å². The molecule has 196 valence electrons. The van der Waals surface area contributed by atoms with Gasteiger partial charge in [-0.15, -0.1) is 0 Å². The number of ether oxygens (including phenoxy) is 1. The number of hydrogen-bond acceptors (Lipinski definition) is 6. The van der Waals surface area contributed by atoms with Gasteiger partial charge in [-0.1, -0.05) is 48.9 Å². The molecule has 0 aromatic heterocycles. The van der Waals surface area contributed by atoms with Gasteiger partial charge < -0.3 is 15.2 Å². The molecule has 2 heterocycles. The number of ketones is 1. The van der Waals surface area contributed by atoms with E-state index < -0.39 is 38.6 Å². The Morgan fingerprint density at radius 1 is 1.05 bits per heavy atom. The minimum atomic E-state index is -4.06. The second-order valence-corrected chi connectivity index (χ2v) is 12.8. The first kappa shape index (κ1) is 24.6. The van der Waals surface area contributed by atoms with Crippen LogP contribution in [-0.4, -0.2) is 30.8 Å². The third-order valence-electron chi connectivity index (χ3n) is 8.59. The van der Waals surface area contributed by atoms with E-state index in [2.05, 4.69) is 10.0 Å². The summed E-state index contributed by atoms with van der Waals surface area (Å²) in [6.07, 6.45) is 4.69. The second-order valence-electron chi connectivity index (χ2n) is 11.1. The molecular weight excluding hydrogens is 504 g/mol. The molecule has 2 aliphatic heterocycles. The Balaban J connectivity index is 1.59. The second kappa shape index (κ2) is 7.68. The summed E-state index contributed by atoms with van der Waals surface area (Å²) in [5.41, 5.74) is 0.0128. The van der Waals surface area contributed by atoms with Crippen LogP contribution in [-0.2, 0) is 21.2 Å². The zero-order valence-electron chi connectivity index (χ0n) is 21.5. The summed E-state index contributed by atoms with van der Waals surface area (Å²) in [5, 5.41) is 13.2. The Bertz CT molecular complexity index is 1640. The van der Waals surface area contributed by atoms with E-state index >= 15 is 0 Å². The summed E-state index contributed by atoms with van der Waals surface area (Å²) < 4.78 is 36.0. The lowest BCUT2D eigenvalue weighted by molar-refractivity contribution is -0.125. The fourth-order valence-electron chi connectivity index (χ4n) is 6.28. The van der Waals surface area contributed by atoms with Gasteiger partial charge in [-0.25, -0.2) is 8.42 Å². The molecule has 8 nitrogen and oxygen atoms in total. The standard InChI is InChI=1S/C29H28N2O6S/c1-16-10-13-21-27(2,3)24(32)20(31-38(35,36)18-8-6-5-7-9-18)15-29(21)28(16,4)14-17-11-12-19-22(23(17)37-29)26(34)30-25(19)33/h5-13,15,26,31,34H,14H2,1-4H3,(H,30,33). The van der Waals surface area contributed by atoms with Crippen LogP contribution in [0.4, 0.5) is 0 Å². The molecule has 0 bridgehead atoms. The van der Waals surface area contributed by atoms with Crippen molar-refractivity contribution in [3.8, 4) is 5.75 Å². The van der Waals surface area contributed by atoms with Crippen LogP contribution < -0.4 is 14.8 Å². The molecule has 9 heteroatoms. The first-order chi connectivity index (χ1) is 17.8. The number of aliphatic hydroxyl groups is 1. The molecule has 0 fully saturated rings. The highest BCUT2D eigenvalue weighted by atomic mass is 32.2. The fraction of sp³-hybridized carbons (Fsp3) is 0.310. The van der Waals surface area contributed by atoms with E-state index in [9.17, 15) is 23.1 Å². The molecule has 2 aromatic rings. The number of fused-ring (bicyclic) bond motifs is 3. The van der Waals surface area contributed by atoms with Crippen molar-refractivity contribution >= 4 is 21.7 Å². The van der Waals surface area contributed by atoms with E-state index in [1.165, 1.54) is 12.1 Å². The van der Waals surface area contributed by atoms with Crippen molar-refractivity contribution in [1.82, 2.24) is 10.0 Å². The molecule has 3 unspecified atom stereocenters. The molecule has 4 aliphatic rings. The summed E-state index contributed by atoms with van der Waals surface area (Å²) in [4.78, 5) is 26.3. The van der Waals surface area contributed by atoms with Crippen LogP contribution in [0.1, 0.15) is 55.4 Å². The van der Waals surface area contributed by atoms with Crippen LogP contribution in [0.5, 0.6) is 5.75 Å². The highest BCUT2D eigenvalue weighted by Gasteiger charge is 2.63. The third kappa shape index (κ3) is 3.09. The fourth-order valence-corrected chi connectivity index (χ4v) is 7.35. The Morgan fingerprint density at radius 2 is 1.76 bits per heavy atom. The molecule has 38 heavy (non-hydrogen) atoms. The molecule has 1 amide bonds. The lowest BCUT2D eigenvalue weighted by atomic mass is 9.52. The van der Waals surface area contributed by atoms with Crippen LogP contribution >= 0.6 is 0 Å². The van der Waals surface area contributed by atoms with Crippen LogP contribution in [0.2, 0.25) is 0 Å². The summed E-state index contributed by atoms with van der Waals surface area (Å²) in [6.45, 7) is 7.54. The van der Waals surface area contributed by atoms with Crippen LogP contribution in [0.15, 0.2) is 82.4 Å². The number of sulfonamides is 1. The predicted molar refractivity (Wildman–Crippen MR) is 140 cm³/mol. The Kier molecular flexibility index (Phi) is 4.98. The number of carbonyl (C=O) groups is 2. The van der Waals surface area contributed by atoms with E-state index in [0.29, 0.717) is 28.9 Å². The molecule has 2 aromatic carbocycles. The molecule has 3 atom stereocenters. The highest BCUT2D eigenvalue weighted by molar-refractivity contribution is 7.89. The van der Waals surface area contributed by atoms with Gasteiger partial charge in [-0.2, -0.15) is 0 Å². The monoisotopic (exact) mass is 532 g/mol. The number of aliphatic hydroxyl groups excluding tert-OH is 1. The number of rotatable bonds is 3. The lowest BCUT2D eigenvalue weighted by Gasteiger charge is -2.58. The average molecular weight is 533 g/mol. The third-order valence-corrected chi connectivity index (χ3v) is 9.97. The zero-order valence-corrected chi connectivity index (χ0v) is 22.3. The molecule has 6 rings (SSSR count). The largest absolute Gasteiger partial charge is 0.477 e. The summed E-state index contributed by atoms with van der Waals surface area (Å²) >= 11 is 0. The summed E-state index contributed by atoms with van der Waals surface area (Å²) in [7, 11) is -4.06. The van der Waals surface area contributed by atoms with Crippen molar-refractivity contribution in [3.63, 3.8) is 0 Å². The number of Topliss-reactive ketones (excluding diaryl/α,β-unsaturated/α-hetero) is 1. The zero-order chi connectivity index (χ0) is 27.3. The maximum absolute atomic E-state index is 13.8. The van der Waals surface area contributed by atoms with Gasteiger partial charge in [0.1, 0.15) is 5.75 Å². The van der Waals surface area contributed by atoms with Crippen molar-refractivity contribution < 1.29 is 27.9 Å². The molecule has 2 aliphatic carbocycles. The SMILES string of the molecule is CC1=CC=C2C(C)(C)C(=O)C(NS(=O)(=O)c3ccccc3)=CC23Oc2c(ccc4c2C(O)NC4=O)CC13C. The first-order valence-corrected chi connectivity index (χ1v) is 13.9.